The van der Waals surface area contributed by atoms with Crippen LogP contribution in [0.15, 0.2) is 66.9 Å². The van der Waals surface area contributed by atoms with Gasteiger partial charge >= 0.3 is 12.3 Å². The van der Waals surface area contributed by atoms with Crippen molar-refractivity contribution in [2.45, 2.75) is 45.7 Å². The second kappa shape index (κ2) is 13.7. The van der Waals surface area contributed by atoms with Crippen molar-refractivity contribution in [3.05, 3.63) is 83.6 Å². The van der Waals surface area contributed by atoms with Crippen LogP contribution in [0.25, 0.3) is 0 Å². The van der Waals surface area contributed by atoms with Gasteiger partial charge in [0.15, 0.2) is 5.60 Å². The minimum atomic E-state index is -4.76. The first kappa shape index (κ1) is 30.3. The van der Waals surface area contributed by atoms with Crippen LogP contribution in [0.2, 0.25) is 0 Å². The number of pyridine rings is 1. The number of anilines is 1. The molecule has 0 unspecified atom stereocenters. The summed E-state index contributed by atoms with van der Waals surface area (Å²) in [4.78, 5) is 18.6. The van der Waals surface area contributed by atoms with E-state index in [1.807, 2.05) is 17.0 Å². The fourth-order valence-electron chi connectivity index (χ4n) is 3.71. The van der Waals surface area contributed by atoms with E-state index in [-0.39, 0.29) is 19.0 Å². The minimum Gasteiger partial charge on any atom is -0.476 e. The van der Waals surface area contributed by atoms with E-state index < -0.39 is 17.9 Å². The Morgan fingerprint density at radius 3 is 2.12 bits per heavy atom. The Morgan fingerprint density at radius 2 is 1.57 bits per heavy atom. The number of ether oxygens (including phenoxy) is 3. The van der Waals surface area contributed by atoms with Crippen LogP contribution in [0.1, 0.15) is 37.5 Å². The lowest BCUT2D eigenvalue weighted by Crippen LogP contribution is -2.39. The summed E-state index contributed by atoms with van der Waals surface area (Å²) in [6, 6.07) is 16.7. The number of hydrogen-bond acceptors (Lipinski definition) is 7. The van der Waals surface area contributed by atoms with Crippen LogP contribution in [0, 0.1) is 11.8 Å². The van der Waals surface area contributed by atoms with E-state index in [9.17, 15) is 18.0 Å². The monoisotopic (exact) mass is 556 g/mol. The summed E-state index contributed by atoms with van der Waals surface area (Å²) in [7, 11) is 0. The molecule has 0 saturated carbocycles. The Bertz CT molecular complexity index is 1300. The van der Waals surface area contributed by atoms with Gasteiger partial charge < -0.3 is 24.2 Å². The summed E-state index contributed by atoms with van der Waals surface area (Å²) < 4.78 is 52.4. The lowest BCUT2D eigenvalue weighted by Gasteiger charge is -2.25. The third-order valence-corrected chi connectivity index (χ3v) is 5.65. The number of halogens is 3. The van der Waals surface area contributed by atoms with Crippen LogP contribution in [0.5, 0.6) is 11.5 Å². The molecule has 0 spiro atoms. The van der Waals surface area contributed by atoms with Crippen molar-refractivity contribution in [3.8, 4) is 23.3 Å². The number of esters is 1. The molecule has 0 aliphatic rings. The molecule has 0 fully saturated rings. The average molecular weight is 557 g/mol. The van der Waals surface area contributed by atoms with E-state index in [0.29, 0.717) is 36.6 Å². The molecule has 0 radical (unpaired) electrons. The Balaban J connectivity index is 1.73. The second-order valence-electron chi connectivity index (χ2n) is 9.21. The Morgan fingerprint density at radius 1 is 0.950 bits per heavy atom. The SMILES string of the molecule is CCOC(=O)C(C)(C)Oc1ccc(CCN(Cc2ccc(OC(F)(F)F)cc2)c2ccc(C#CCO)cn2)cc1. The van der Waals surface area contributed by atoms with Crippen molar-refractivity contribution in [2.24, 2.45) is 0 Å². The number of nitrogens with zero attached hydrogens (tertiary/aromatic N) is 2. The van der Waals surface area contributed by atoms with Gasteiger partial charge in [0.25, 0.3) is 0 Å². The zero-order valence-corrected chi connectivity index (χ0v) is 22.5. The Labute approximate surface area is 231 Å². The van der Waals surface area contributed by atoms with E-state index in [1.165, 1.54) is 12.1 Å². The van der Waals surface area contributed by atoms with Crippen molar-refractivity contribution in [1.29, 1.82) is 0 Å². The molecule has 0 atom stereocenters. The number of rotatable bonds is 11. The van der Waals surface area contributed by atoms with Crippen molar-refractivity contribution < 1.29 is 37.3 Å². The van der Waals surface area contributed by atoms with E-state index in [4.69, 9.17) is 14.6 Å². The van der Waals surface area contributed by atoms with Gasteiger partial charge in [-0.05, 0) is 74.7 Å². The highest BCUT2D eigenvalue weighted by Gasteiger charge is 2.32. The molecular formula is C30H31F3N2O5. The zero-order chi connectivity index (χ0) is 29.2. The fourth-order valence-corrected chi connectivity index (χ4v) is 3.71. The van der Waals surface area contributed by atoms with Crippen molar-refractivity contribution in [1.82, 2.24) is 4.98 Å². The molecule has 7 nitrogen and oxygen atoms in total. The molecule has 10 heteroatoms. The summed E-state index contributed by atoms with van der Waals surface area (Å²) in [5.74, 6) is 5.82. The molecule has 1 heterocycles. The number of hydrogen-bond donors (Lipinski definition) is 1. The van der Waals surface area contributed by atoms with Crippen LogP contribution in [-0.4, -0.2) is 47.8 Å². The molecule has 40 heavy (non-hydrogen) atoms. The predicted octanol–water partition coefficient (Wildman–Crippen LogP) is 5.29. The van der Waals surface area contributed by atoms with Crippen molar-refractivity contribution >= 4 is 11.8 Å². The molecule has 212 valence electrons. The number of carbonyl (C=O) groups is 1. The molecule has 1 N–H and O–H groups in total. The number of aromatic nitrogens is 1. The molecule has 0 bridgehead atoms. The van der Waals surface area contributed by atoms with Crippen LogP contribution in [0.4, 0.5) is 19.0 Å². The van der Waals surface area contributed by atoms with Gasteiger partial charge in [-0.2, -0.15) is 0 Å². The number of alkyl halides is 3. The quantitative estimate of drug-likeness (QED) is 0.254. The van der Waals surface area contributed by atoms with Crippen LogP contribution < -0.4 is 14.4 Å². The smallest absolute Gasteiger partial charge is 0.476 e. The molecule has 0 aliphatic heterocycles. The highest BCUT2D eigenvalue weighted by molar-refractivity contribution is 5.79. The maximum absolute atomic E-state index is 12.5. The molecule has 3 aromatic rings. The normalized spacial score (nSPS) is 11.3. The molecular weight excluding hydrogens is 525 g/mol. The third kappa shape index (κ3) is 9.50. The molecule has 2 aromatic carbocycles. The summed E-state index contributed by atoms with van der Waals surface area (Å²) >= 11 is 0. The van der Waals surface area contributed by atoms with Crippen LogP contribution >= 0.6 is 0 Å². The lowest BCUT2D eigenvalue weighted by atomic mass is 10.1. The highest BCUT2D eigenvalue weighted by Crippen LogP contribution is 2.25. The first-order valence-electron chi connectivity index (χ1n) is 12.6. The van der Waals surface area contributed by atoms with Gasteiger partial charge in [-0.1, -0.05) is 36.1 Å². The number of aliphatic hydroxyl groups is 1. The molecule has 0 amide bonds. The zero-order valence-electron chi connectivity index (χ0n) is 22.5. The van der Waals surface area contributed by atoms with E-state index in [0.717, 1.165) is 11.1 Å². The van der Waals surface area contributed by atoms with Gasteiger partial charge in [0.05, 0.1) is 6.61 Å². The second-order valence-corrected chi connectivity index (χ2v) is 9.21. The van der Waals surface area contributed by atoms with Gasteiger partial charge in [0.2, 0.25) is 0 Å². The van der Waals surface area contributed by atoms with E-state index in [2.05, 4.69) is 21.6 Å². The number of aliphatic hydroxyl groups excluding tert-OH is 1. The predicted molar refractivity (Wildman–Crippen MR) is 144 cm³/mol. The van der Waals surface area contributed by atoms with Crippen LogP contribution in [0.3, 0.4) is 0 Å². The number of carbonyl (C=O) groups excluding carboxylic acids is 1. The van der Waals surface area contributed by atoms with Crippen molar-refractivity contribution in [3.63, 3.8) is 0 Å². The largest absolute Gasteiger partial charge is 0.573 e. The van der Waals surface area contributed by atoms with Crippen molar-refractivity contribution in [2.75, 3.05) is 24.7 Å². The van der Waals surface area contributed by atoms with E-state index >= 15 is 0 Å². The van der Waals surface area contributed by atoms with Gasteiger partial charge in [-0.25, -0.2) is 9.78 Å². The summed E-state index contributed by atoms with van der Waals surface area (Å²) in [5.41, 5.74) is 1.29. The lowest BCUT2D eigenvalue weighted by molar-refractivity contribution is -0.274. The maximum Gasteiger partial charge on any atom is 0.573 e. The van der Waals surface area contributed by atoms with Gasteiger partial charge in [0, 0.05) is 24.8 Å². The summed E-state index contributed by atoms with van der Waals surface area (Å²) in [6.07, 6.45) is -2.53. The number of benzene rings is 2. The van der Waals surface area contributed by atoms with Gasteiger partial charge in [-0.15, -0.1) is 13.2 Å². The van der Waals surface area contributed by atoms with Crippen LogP contribution in [-0.2, 0) is 22.5 Å². The average Bonchev–Trinajstić information content (AvgIpc) is 2.91. The van der Waals surface area contributed by atoms with Gasteiger partial charge in [-0.3, -0.25) is 0 Å². The minimum absolute atomic E-state index is 0.258. The molecule has 3 rings (SSSR count). The summed E-state index contributed by atoms with van der Waals surface area (Å²) in [5, 5.41) is 8.91. The third-order valence-electron chi connectivity index (χ3n) is 5.65. The Kier molecular flexibility index (Phi) is 10.4. The van der Waals surface area contributed by atoms with E-state index in [1.54, 1.807) is 63.4 Å². The summed E-state index contributed by atoms with van der Waals surface area (Å²) in [6.45, 7) is 5.96. The van der Waals surface area contributed by atoms with Gasteiger partial charge in [0.1, 0.15) is 23.9 Å². The molecule has 0 aliphatic carbocycles. The molecule has 1 aromatic heterocycles. The highest BCUT2D eigenvalue weighted by atomic mass is 19.4. The Hall–Kier alpha value is -4.23. The topological polar surface area (TPSA) is 81.1 Å². The first-order chi connectivity index (χ1) is 19.0. The first-order valence-corrected chi connectivity index (χ1v) is 12.6. The maximum atomic E-state index is 12.5. The standard InChI is InChI=1S/C30H31F3N2O5/c1-4-38-28(37)29(2,3)39-25-12-7-22(8-13-25)17-18-35(27-16-11-23(20-34-27)6-5-19-36)21-24-9-14-26(15-10-24)40-30(31,32)33/h7-16,20,36H,4,17-19,21H2,1-3H3. The molecule has 0 saturated heterocycles. The fraction of sp³-hybridized carbons (Fsp3) is 0.333.